The minimum absolute atomic E-state index is 0.0241. The van der Waals surface area contributed by atoms with Crippen LogP contribution in [0, 0.1) is 22.7 Å². The third-order valence-electron chi connectivity index (χ3n) is 4.76. The number of allylic oxidation sites excluding steroid dienone is 1. The van der Waals surface area contributed by atoms with Gasteiger partial charge in [-0.25, -0.2) is 4.79 Å². The number of carbonyl (C=O) groups is 2. The average molecular weight is 444 g/mol. The summed E-state index contributed by atoms with van der Waals surface area (Å²) in [6, 6.07) is 16.9. The summed E-state index contributed by atoms with van der Waals surface area (Å²) in [5, 5.41) is 22.6. The Bertz CT molecular complexity index is 1220. The summed E-state index contributed by atoms with van der Waals surface area (Å²) in [5.74, 6) is -0.381. The van der Waals surface area contributed by atoms with E-state index in [4.69, 9.17) is 14.2 Å². The highest BCUT2D eigenvalue weighted by Gasteiger charge is 2.40. The molecule has 2 aromatic rings. The molecule has 0 saturated carbocycles. The molecule has 2 aromatic carbocycles. The highest BCUT2D eigenvalue weighted by Crippen LogP contribution is 2.37. The van der Waals surface area contributed by atoms with E-state index in [9.17, 15) is 20.1 Å². The van der Waals surface area contributed by atoms with Gasteiger partial charge in [-0.2, -0.15) is 10.5 Å². The average Bonchev–Trinajstić information content (AvgIpc) is 3.11. The van der Waals surface area contributed by atoms with Gasteiger partial charge >= 0.3 is 5.97 Å². The molecule has 0 radical (unpaired) electrons. The SMILES string of the molecule is CCOC(=O)/C(C#N)=C1\C(C#N)=C(Nc2ccc(OC)cc2)C(=O)N1c1ccc(OC)cc1. The number of amides is 1. The fraction of sp³-hybridized carbons (Fsp3) is 0.167. The number of nitriles is 2. The Kier molecular flexibility index (Phi) is 6.97. The summed E-state index contributed by atoms with van der Waals surface area (Å²) in [5.41, 5.74) is 0.0140. The van der Waals surface area contributed by atoms with Gasteiger partial charge in [-0.15, -0.1) is 0 Å². The number of nitrogens with one attached hydrogen (secondary N) is 1. The standard InChI is InChI=1S/C24H20N4O5/c1-4-33-24(30)20(14-26)22-19(13-25)21(27-15-5-9-17(31-2)10-6-15)23(29)28(22)16-7-11-18(32-3)12-8-16/h5-12,27H,4H2,1-3H3/b22-20+. The van der Waals surface area contributed by atoms with Crippen molar-refractivity contribution in [3.05, 3.63) is 71.1 Å². The van der Waals surface area contributed by atoms with Gasteiger partial charge in [0.1, 0.15) is 34.9 Å². The van der Waals surface area contributed by atoms with E-state index in [-0.39, 0.29) is 23.6 Å². The number of rotatable bonds is 7. The van der Waals surface area contributed by atoms with Crippen molar-refractivity contribution in [2.24, 2.45) is 0 Å². The number of hydrogen-bond acceptors (Lipinski definition) is 8. The van der Waals surface area contributed by atoms with E-state index >= 15 is 0 Å². The van der Waals surface area contributed by atoms with Crippen molar-refractivity contribution in [1.82, 2.24) is 0 Å². The van der Waals surface area contributed by atoms with E-state index in [2.05, 4.69) is 5.32 Å². The molecule has 0 saturated heterocycles. The summed E-state index contributed by atoms with van der Waals surface area (Å²) < 4.78 is 15.3. The summed E-state index contributed by atoms with van der Waals surface area (Å²) in [7, 11) is 3.03. The molecule has 0 atom stereocenters. The number of carbonyl (C=O) groups excluding carboxylic acids is 2. The van der Waals surface area contributed by atoms with Crippen LogP contribution in [0.2, 0.25) is 0 Å². The van der Waals surface area contributed by atoms with E-state index in [1.807, 2.05) is 6.07 Å². The molecule has 9 heteroatoms. The first-order chi connectivity index (χ1) is 16.0. The molecule has 1 aliphatic heterocycles. The normalized spacial score (nSPS) is 14.3. The van der Waals surface area contributed by atoms with Crippen LogP contribution in [0.4, 0.5) is 11.4 Å². The predicted molar refractivity (Wildman–Crippen MR) is 119 cm³/mol. The van der Waals surface area contributed by atoms with Crippen LogP contribution in [-0.4, -0.2) is 32.7 Å². The van der Waals surface area contributed by atoms with Crippen molar-refractivity contribution in [2.75, 3.05) is 31.0 Å². The summed E-state index contributed by atoms with van der Waals surface area (Å²) in [4.78, 5) is 27.1. The van der Waals surface area contributed by atoms with Crippen LogP contribution in [0.5, 0.6) is 11.5 Å². The number of hydrogen-bond donors (Lipinski definition) is 1. The topological polar surface area (TPSA) is 125 Å². The molecule has 0 aromatic heterocycles. The van der Waals surface area contributed by atoms with Crippen molar-refractivity contribution in [3.63, 3.8) is 0 Å². The van der Waals surface area contributed by atoms with Crippen molar-refractivity contribution in [1.29, 1.82) is 10.5 Å². The van der Waals surface area contributed by atoms with E-state index in [1.165, 1.54) is 14.2 Å². The van der Waals surface area contributed by atoms with Gasteiger partial charge in [-0.05, 0) is 55.5 Å². The van der Waals surface area contributed by atoms with Gasteiger partial charge in [-0.3, -0.25) is 9.69 Å². The fourth-order valence-electron chi connectivity index (χ4n) is 3.21. The van der Waals surface area contributed by atoms with Gasteiger partial charge in [0.05, 0.1) is 26.5 Å². The molecule has 0 aliphatic carbocycles. The Morgan fingerprint density at radius 1 is 1.00 bits per heavy atom. The number of ether oxygens (including phenoxy) is 3. The van der Waals surface area contributed by atoms with Gasteiger partial charge in [-0.1, -0.05) is 0 Å². The number of nitrogens with zero attached hydrogens (tertiary/aromatic N) is 3. The largest absolute Gasteiger partial charge is 0.497 e. The van der Waals surface area contributed by atoms with Gasteiger partial charge in [0.2, 0.25) is 0 Å². The zero-order valence-electron chi connectivity index (χ0n) is 18.2. The lowest BCUT2D eigenvalue weighted by Crippen LogP contribution is -2.29. The highest BCUT2D eigenvalue weighted by molar-refractivity contribution is 6.17. The lowest BCUT2D eigenvalue weighted by Gasteiger charge is -2.20. The molecular formula is C24H20N4O5. The van der Waals surface area contributed by atoms with Crippen molar-refractivity contribution in [3.8, 4) is 23.6 Å². The third kappa shape index (κ3) is 4.48. The Balaban J connectivity index is 2.18. The van der Waals surface area contributed by atoms with Gasteiger partial charge < -0.3 is 19.5 Å². The first kappa shape index (κ1) is 22.9. The Labute approximate surface area is 190 Å². The third-order valence-corrected chi connectivity index (χ3v) is 4.76. The molecule has 0 fully saturated rings. The summed E-state index contributed by atoms with van der Waals surface area (Å²) in [6.45, 7) is 1.62. The van der Waals surface area contributed by atoms with Crippen molar-refractivity contribution >= 4 is 23.3 Å². The second-order valence-electron chi connectivity index (χ2n) is 6.61. The maximum Gasteiger partial charge on any atom is 0.351 e. The number of methoxy groups -OCH3 is 2. The molecule has 3 rings (SSSR count). The van der Waals surface area contributed by atoms with E-state index in [0.29, 0.717) is 22.9 Å². The smallest absolute Gasteiger partial charge is 0.351 e. The number of anilines is 2. The fourth-order valence-corrected chi connectivity index (χ4v) is 3.21. The molecule has 9 nitrogen and oxygen atoms in total. The van der Waals surface area contributed by atoms with Crippen LogP contribution >= 0.6 is 0 Å². The molecule has 0 bridgehead atoms. The molecule has 1 N–H and O–H groups in total. The molecule has 0 spiro atoms. The van der Waals surface area contributed by atoms with Crippen LogP contribution in [-0.2, 0) is 14.3 Å². The van der Waals surface area contributed by atoms with Crippen molar-refractivity contribution < 1.29 is 23.8 Å². The number of benzene rings is 2. The molecule has 1 amide bonds. The van der Waals surface area contributed by atoms with Crippen LogP contribution in [0.1, 0.15) is 6.92 Å². The quantitative estimate of drug-likeness (QED) is 0.392. The minimum atomic E-state index is -0.931. The monoisotopic (exact) mass is 444 g/mol. The van der Waals surface area contributed by atoms with Crippen LogP contribution < -0.4 is 19.7 Å². The zero-order chi connectivity index (χ0) is 24.0. The maximum absolute atomic E-state index is 13.5. The second kappa shape index (κ2) is 10.0. The minimum Gasteiger partial charge on any atom is -0.497 e. The van der Waals surface area contributed by atoms with E-state index in [0.717, 1.165) is 4.90 Å². The van der Waals surface area contributed by atoms with E-state index in [1.54, 1.807) is 61.5 Å². The first-order valence-electron chi connectivity index (χ1n) is 9.84. The Morgan fingerprint density at radius 3 is 2.06 bits per heavy atom. The lowest BCUT2D eigenvalue weighted by molar-refractivity contribution is -0.138. The van der Waals surface area contributed by atoms with Crippen LogP contribution in [0.3, 0.4) is 0 Å². The predicted octanol–water partition coefficient (Wildman–Crippen LogP) is 3.28. The van der Waals surface area contributed by atoms with Gasteiger partial charge in [0.15, 0.2) is 5.57 Å². The lowest BCUT2D eigenvalue weighted by atomic mass is 10.1. The molecular weight excluding hydrogens is 424 g/mol. The molecule has 33 heavy (non-hydrogen) atoms. The van der Waals surface area contributed by atoms with Gasteiger partial charge in [0, 0.05) is 11.4 Å². The highest BCUT2D eigenvalue weighted by atomic mass is 16.5. The summed E-state index contributed by atoms with van der Waals surface area (Å²) in [6.07, 6.45) is 0. The molecule has 0 unspecified atom stereocenters. The molecule has 166 valence electrons. The first-order valence-corrected chi connectivity index (χ1v) is 9.84. The Morgan fingerprint density at radius 2 is 1.58 bits per heavy atom. The zero-order valence-corrected chi connectivity index (χ0v) is 18.2. The van der Waals surface area contributed by atoms with E-state index < -0.39 is 17.4 Å². The number of esters is 1. The Hall–Kier alpha value is -4.76. The van der Waals surface area contributed by atoms with Crippen LogP contribution in [0.25, 0.3) is 0 Å². The molecule has 1 aliphatic rings. The second-order valence-corrected chi connectivity index (χ2v) is 6.61. The van der Waals surface area contributed by atoms with Crippen molar-refractivity contribution in [2.45, 2.75) is 6.92 Å². The summed E-state index contributed by atoms with van der Waals surface area (Å²) >= 11 is 0. The van der Waals surface area contributed by atoms with Gasteiger partial charge in [0.25, 0.3) is 5.91 Å². The molecule has 1 heterocycles. The van der Waals surface area contributed by atoms with Crippen LogP contribution in [0.15, 0.2) is 71.1 Å². The maximum atomic E-state index is 13.5.